The van der Waals surface area contributed by atoms with Crippen LogP contribution < -0.4 is 5.32 Å². The second kappa shape index (κ2) is 9.13. The number of aryl methyl sites for hydroxylation is 2. The van der Waals surface area contributed by atoms with Crippen LogP contribution in [-0.2, 0) is 19.4 Å². The van der Waals surface area contributed by atoms with Crippen molar-refractivity contribution in [1.82, 2.24) is 10.3 Å². The summed E-state index contributed by atoms with van der Waals surface area (Å²) < 4.78 is 0. The molecule has 0 spiro atoms. The molecule has 0 unspecified atom stereocenters. The van der Waals surface area contributed by atoms with Gasteiger partial charge in [0, 0.05) is 23.9 Å². The molecule has 2 aliphatic rings. The highest BCUT2D eigenvalue weighted by Gasteiger charge is 2.28. The van der Waals surface area contributed by atoms with E-state index in [2.05, 4.69) is 11.4 Å². The molecule has 2 atom stereocenters. The monoisotopic (exact) mass is 427 g/mol. The highest BCUT2D eigenvalue weighted by atomic mass is 16.3. The van der Waals surface area contributed by atoms with E-state index in [1.165, 1.54) is 11.1 Å². The molecule has 3 N–H and O–H groups in total. The molecule has 0 saturated heterocycles. The first-order valence-corrected chi connectivity index (χ1v) is 11.5. The predicted octanol–water partition coefficient (Wildman–Crippen LogP) is 5.16. The minimum Gasteiger partial charge on any atom is -0.508 e. The van der Waals surface area contributed by atoms with Gasteiger partial charge in [0.25, 0.3) is 0 Å². The molecule has 1 heterocycles. The Morgan fingerprint density at radius 3 is 2.44 bits per heavy atom. The summed E-state index contributed by atoms with van der Waals surface area (Å²) in [6, 6.07) is 17.3. The SMILES string of the molecule is Oc1ccccc1C=N[C@@H]1CCCc2cc3c(nc21)[C@H](NCc1ccccc1O)CCC3. The first-order valence-electron chi connectivity index (χ1n) is 11.5. The molecule has 1 aromatic heterocycles. The normalized spacial score (nSPS) is 20.1. The fourth-order valence-corrected chi connectivity index (χ4v) is 4.88. The van der Waals surface area contributed by atoms with Crippen LogP contribution in [0.4, 0.5) is 0 Å². The summed E-state index contributed by atoms with van der Waals surface area (Å²) in [5, 5.41) is 23.8. The molecule has 2 aromatic carbocycles. The highest BCUT2D eigenvalue weighted by Crippen LogP contribution is 2.37. The molecule has 0 radical (unpaired) electrons. The van der Waals surface area contributed by atoms with Crippen molar-refractivity contribution in [3.63, 3.8) is 0 Å². The van der Waals surface area contributed by atoms with Crippen molar-refractivity contribution in [2.24, 2.45) is 4.99 Å². The van der Waals surface area contributed by atoms with Crippen LogP contribution in [0.25, 0.3) is 0 Å². The zero-order valence-corrected chi connectivity index (χ0v) is 18.2. The van der Waals surface area contributed by atoms with Crippen molar-refractivity contribution in [1.29, 1.82) is 0 Å². The number of aromatic hydroxyl groups is 2. The molecular weight excluding hydrogens is 398 g/mol. The third-order valence-corrected chi connectivity index (χ3v) is 6.62. The average Bonchev–Trinajstić information content (AvgIpc) is 2.82. The zero-order valence-electron chi connectivity index (χ0n) is 18.2. The smallest absolute Gasteiger partial charge is 0.124 e. The van der Waals surface area contributed by atoms with Crippen LogP contribution in [0.3, 0.4) is 0 Å². The highest BCUT2D eigenvalue weighted by molar-refractivity contribution is 5.83. The number of rotatable bonds is 5. The van der Waals surface area contributed by atoms with Gasteiger partial charge in [0.1, 0.15) is 11.5 Å². The Hall–Kier alpha value is -3.18. The van der Waals surface area contributed by atoms with Gasteiger partial charge in [0.05, 0.1) is 23.5 Å². The van der Waals surface area contributed by atoms with Crippen molar-refractivity contribution < 1.29 is 10.2 Å². The summed E-state index contributed by atoms with van der Waals surface area (Å²) in [6.07, 6.45) is 8.15. The van der Waals surface area contributed by atoms with Gasteiger partial charge in [-0.05, 0) is 67.9 Å². The second-order valence-corrected chi connectivity index (χ2v) is 8.78. The molecular formula is C27H29N3O2. The number of nitrogens with zero attached hydrogens (tertiary/aromatic N) is 2. The number of phenolic OH excluding ortho intramolecular Hbond substituents is 2. The van der Waals surface area contributed by atoms with Crippen molar-refractivity contribution in [3.8, 4) is 11.5 Å². The topological polar surface area (TPSA) is 77.7 Å². The molecule has 3 aromatic rings. The van der Waals surface area contributed by atoms with Gasteiger partial charge in [0.2, 0.25) is 0 Å². The van der Waals surface area contributed by atoms with Crippen LogP contribution in [0.2, 0.25) is 0 Å². The Kier molecular flexibility index (Phi) is 5.91. The molecule has 0 fully saturated rings. The molecule has 164 valence electrons. The van der Waals surface area contributed by atoms with Crippen molar-refractivity contribution in [2.45, 2.75) is 57.2 Å². The average molecular weight is 428 g/mol. The Morgan fingerprint density at radius 1 is 0.906 bits per heavy atom. The maximum atomic E-state index is 10.1. The number of hydrogen-bond acceptors (Lipinski definition) is 5. The van der Waals surface area contributed by atoms with Gasteiger partial charge in [-0.15, -0.1) is 0 Å². The number of aliphatic imine (C=N–C) groups is 1. The van der Waals surface area contributed by atoms with E-state index in [1.807, 2.05) is 36.4 Å². The van der Waals surface area contributed by atoms with Gasteiger partial charge in [-0.25, -0.2) is 0 Å². The summed E-state index contributed by atoms with van der Waals surface area (Å²) in [4.78, 5) is 10.0. The van der Waals surface area contributed by atoms with Gasteiger partial charge < -0.3 is 15.5 Å². The van der Waals surface area contributed by atoms with E-state index in [4.69, 9.17) is 9.98 Å². The number of para-hydroxylation sites is 2. The Labute approximate surface area is 188 Å². The van der Waals surface area contributed by atoms with Crippen LogP contribution >= 0.6 is 0 Å². The van der Waals surface area contributed by atoms with Crippen LogP contribution in [0.15, 0.2) is 59.6 Å². The van der Waals surface area contributed by atoms with Gasteiger partial charge in [0.15, 0.2) is 0 Å². The van der Waals surface area contributed by atoms with Gasteiger partial charge in [-0.2, -0.15) is 0 Å². The van der Waals surface area contributed by atoms with Gasteiger partial charge in [-0.3, -0.25) is 9.98 Å². The number of fused-ring (bicyclic) bond motifs is 2. The standard InChI is InChI=1S/C27H29N3O2/c31-24-13-3-1-7-20(24)16-28-22-11-5-9-18-15-19-10-6-12-23(27(19)30-26(18)22)29-17-21-8-2-4-14-25(21)32/h1-4,7-8,13-16,22-23,29,31-32H,5-6,9-12,17H2/t22-,23-/m1/s1. The quantitative estimate of drug-likeness (QED) is 0.492. The Bertz CT molecular complexity index is 1140. The fraction of sp³-hybridized carbons (Fsp3) is 0.333. The Morgan fingerprint density at radius 2 is 1.62 bits per heavy atom. The molecule has 5 heteroatoms. The molecule has 0 amide bonds. The zero-order chi connectivity index (χ0) is 21.9. The summed E-state index contributed by atoms with van der Waals surface area (Å²) >= 11 is 0. The van der Waals surface area contributed by atoms with Crippen molar-refractivity contribution in [3.05, 3.63) is 88.2 Å². The number of benzene rings is 2. The van der Waals surface area contributed by atoms with E-state index >= 15 is 0 Å². The minimum atomic E-state index is 0.0180. The first kappa shape index (κ1) is 20.7. The number of nitrogens with one attached hydrogen (secondary N) is 1. The van der Waals surface area contributed by atoms with Gasteiger partial charge >= 0.3 is 0 Å². The molecule has 5 nitrogen and oxygen atoms in total. The summed E-state index contributed by atoms with van der Waals surface area (Å²) in [7, 11) is 0. The molecule has 0 aliphatic heterocycles. The molecule has 0 bridgehead atoms. The van der Waals surface area contributed by atoms with E-state index in [0.29, 0.717) is 12.3 Å². The lowest BCUT2D eigenvalue weighted by Crippen LogP contribution is -2.27. The first-order chi connectivity index (χ1) is 15.7. The summed E-state index contributed by atoms with van der Waals surface area (Å²) in [5.41, 5.74) is 6.52. The lowest BCUT2D eigenvalue weighted by Gasteiger charge is -2.30. The maximum absolute atomic E-state index is 10.1. The third-order valence-electron chi connectivity index (χ3n) is 6.62. The van der Waals surface area contributed by atoms with E-state index in [9.17, 15) is 10.2 Å². The van der Waals surface area contributed by atoms with E-state index in [0.717, 1.165) is 61.0 Å². The Balaban J connectivity index is 1.41. The predicted molar refractivity (Wildman–Crippen MR) is 126 cm³/mol. The lowest BCUT2D eigenvalue weighted by molar-refractivity contribution is 0.427. The van der Waals surface area contributed by atoms with Crippen LogP contribution in [0, 0.1) is 0 Å². The lowest BCUT2D eigenvalue weighted by atomic mass is 9.85. The summed E-state index contributed by atoms with van der Waals surface area (Å²) in [5.74, 6) is 0.576. The number of hydrogen-bond donors (Lipinski definition) is 3. The van der Waals surface area contributed by atoms with Crippen molar-refractivity contribution >= 4 is 6.21 Å². The van der Waals surface area contributed by atoms with Crippen LogP contribution in [-0.4, -0.2) is 21.4 Å². The molecule has 2 aliphatic carbocycles. The number of aromatic nitrogens is 1. The number of pyridine rings is 1. The molecule has 32 heavy (non-hydrogen) atoms. The van der Waals surface area contributed by atoms with Gasteiger partial charge in [-0.1, -0.05) is 36.4 Å². The maximum Gasteiger partial charge on any atom is 0.124 e. The summed E-state index contributed by atoms with van der Waals surface area (Å²) in [6.45, 7) is 0.615. The van der Waals surface area contributed by atoms with Crippen LogP contribution in [0.1, 0.15) is 71.4 Å². The third kappa shape index (κ3) is 4.26. The van der Waals surface area contributed by atoms with Crippen molar-refractivity contribution in [2.75, 3.05) is 0 Å². The largest absolute Gasteiger partial charge is 0.508 e. The number of phenols is 2. The van der Waals surface area contributed by atoms with E-state index in [-0.39, 0.29) is 17.8 Å². The van der Waals surface area contributed by atoms with E-state index < -0.39 is 0 Å². The van der Waals surface area contributed by atoms with E-state index in [1.54, 1.807) is 18.3 Å². The molecule has 0 saturated carbocycles. The second-order valence-electron chi connectivity index (χ2n) is 8.78. The molecule has 5 rings (SSSR count). The minimum absolute atomic E-state index is 0.0180. The fourth-order valence-electron chi connectivity index (χ4n) is 4.88. The van der Waals surface area contributed by atoms with Crippen LogP contribution in [0.5, 0.6) is 11.5 Å².